The van der Waals surface area contributed by atoms with Crippen LogP contribution in [0.2, 0.25) is 0 Å². The second-order valence-electron chi connectivity index (χ2n) is 12.0. The van der Waals surface area contributed by atoms with Crippen LogP contribution >= 0.6 is 0 Å². The number of carbonyl (C=O) groups excluding carboxylic acids is 4. The van der Waals surface area contributed by atoms with Crippen LogP contribution in [0.25, 0.3) is 0 Å². The first-order chi connectivity index (χ1) is 24.0. The highest BCUT2D eigenvalue weighted by Gasteiger charge is 2.44. The Morgan fingerprint density at radius 2 is 1.63 bits per heavy atom. The molecule has 1 aromatic heterocycles. The van der Waals surface area contributed by atoms with Gasteiger partial charge in [-0.15, -0.1) is 0 Å². The van der Waals surface area contributed by atoms with Gasteiger partial charge < -0.3 is 44.7 Å². The third-order valence-corrected chi connectivity index (χ3v) is 7.63. The molecule has 0 aromatic carbocycles. The summed E-state index contributed by atoms with van der Waals surface area (Å²) in [5.74, 6) is -1.78. The number of esters is 1. The lowest BCUT2D eigenvalue weighted by molar-refractivity contribution is -0.172. The second-order valence-corrected chi connectivity index (χ2v) is 12.0. The largest absolute Gasteiger partial charge is 0.467 e. The van der Waals surface area contributed by atoms with E-state index in [1.807, 2.05) is 23.5 Å². The van der Waals surface area contributed by atoms with Gasteiger partial charge in [-0.1, -0.05) is 72.9 Å². The summed E-state index contributed by atoms with van der Waals surface area (Å²) in [6, 6.07) is -1.25. The molecule has 0 fully saturated rings. The summed E-state index contributed by atoms with van der Waals surface area (Å²) in [4.78, 5) is 55.1. The van der Waals surface area contributed by atoms with E-state index in [0.29, 0.717) is 17.9 Å². The lowest BCUT2D eigenvalue weighted by Crippen LogP contribution is -2.64. The minimum Gasteiger partial charge on any atom is -0.467 e. The molecular weight excluding hydrogens is 660 g/mol. The maximum Gasteiger partial charge on any atom is 0.331 e. The number of likely N-dealkylation sites (N-methyl/N-ethyl adjacent to an activating group) is 1. The number of methoxy groups -OCH3 is 2. The Kier molecular flexibility index (Phi) is 19.1. The third-order valence-electron chi connectivity index (χ3n) is 7.63. The summed E-state index contributed by atoms with van der Waals surface area (Å²) >= 11 is 0. The van der Waals surface area contributed by atoms with Crippen LogP contribution in [0.4, 0.5) is 0 Å². The van der Waals surface area contributed by atoms with Crippen molar-refractivity contribution in [3.63, 3.8) is 0 Å². The average molecular weight is 713 g/mol. The summed E-state index contributed by atoms with van der Waals surface area (Å²) in [6.45, 7) is 7.46. The van der Waals surface area contributed by atoms with Crippen LogP contribution < -0.4 is 10.6 Å². The molecule has 280 valence electrons. The summed E-state index contributed by atoms with van der Waals surface area (Å²) in [5, 5.41) is 36.0. The summed E-state index contributed by atoms with van der Waals surface area (Å²) in [6.07, 6.45) is 21.9. The number of rotatable bonds is 20. The van der Waals surface area contributed by atoms with Crippen LogP contribution in [0.15, 0.2) is 95.2 Å². The smallest absolute Gasteiger partial charge is 0.331 e. The standard InChI is InChI=1S/C37H52N4O10/c1-26(20-16-13-14-17-21-29-24-39-28(3)51-29)32(44)36(4,5)34(46)38-23-19-15-11-9-10-12-18-22-30(43)40-37(48,25-42)35(47)41(6)31(27(2)49-7)33(45)50-8/h9-20,22,24,27,31-32,42,44,48H,21,23,25H2,1-8H3,(H,38,46)(H,40,43). The van der Waals surface area contributed by atoms with Crippen molar-refractivity contribution >= 4 is 23.7 Å². The van der Waals surface area contributed by atoms with Crippen molar-refractivity contribution in [1.82, 2.24) is 20.5 Å². The molecule has 1 aromatic rings. The van der Waals surface area contributed by atoms with E-state index in [9.17, 15) is 34.5 Å². The van der Waals surface area contributed by atoms with Gasteiger partial charge in [0.2, 0.25) is 17.5 Å². The van der Waals surface area contributed by atoms with Gasteiger partial charge in [-0.25, -0.2) is 9.78 Å². The van der Waals surface area contributed by atoms with Crippen LogP contribution in [0.3, 0.4) is 0 Å². The van der Waals surface area contributed by atoms with Crippen molar-refractivity contribution in [3.8, 4) is 0 Å². The highest BCUT2D eigenvalue weighted by atomic mass is 16.5. The van der Waals surface area contributed by atoms with Crippen LogP contribution in [0, 0.1) is 12.3 Å². The SMILES string of the molecule is COC(=O)C(C(C)OC)N(C)C(=O)C(O)(CO)NC(=O)C=CC=CC=CC=CCNC(=O)C(C)(C)C(O)C(C)=CC=CC=CCc1cnc(C)o1. The molecule has 0 aliphatic rings. The first-order valence-electron chi connectivity index (χ1n) is 16.1. The van der Waals surface area contributed by atoms with E-state index >= 15 is 0 Å². The number of hydrogen-bond donors (Lipinski definition) is 5. The Balaban J connectivity index is 2.58. The van der Waals surface area contributed by atoms with E-state index in [4.69, 9.17) is 13.9 Å². The Labute approximate surface area is 299 Å². The van der Waals surface area contributed by atoms with Crippen LogP contribution in [-0.2, 0) is 35.1 Å². The predicted molar refractivity (Wildman–Crippen MR) is 192 cm³/mol. The normalized spacial score (nSPS) is 15.9. The number of allylic oxidation sites excluding steroid dienone is 11. The number of oxazole rings is 1. The molecule has 0 saturated carbocycles. The zero-order chi connectivity index (χ0) is 38.6. The average Bonchev–Trinajstić information content (AvgIpc) is 3.53. The number of ether oxygens (including phenoxy) is 2. The fourth-order valence-electron chi connectivity index (χ4n) is 4.48. The number of hydrogen-bond acceptors (Lipinski definition) is 11. The van der Waals surface area contributed by atoms with Crippen LogP contribution in [-0.4, -0.2) is 107 Å². The van der Waals surface area contributed by atoms with Crippen molar-refractivity contribution in [2.45, 2.75) is 65.0 Å². The number of carbonyl (C=O) groups is 4. The van der Waals surface area contributed by atoms with Gasteiger partial charge in [0.1, 0.15) is 12.4 Å². The van der Waals surface area contributed by atoms with Gasteiger partial charge in [-0.05, 0) is 33.3 Å². The zero-order valence-electron chi connectivity index (χ0n) is 30.5. The molecule has 0 aliphatic heterocycles. The van der Waals surface area contributed by atoms with E-state index in [1.54, 1.807) is 76.4 Å². The topological polar surface area (TPSA) is 201 Å². The molecule has 1 rings (SSSR count). The number of nitrogens with one attached hydrogen (secondary N) is 2. The van der Waals surface area contributed by atoms with E-state index in [0.717, 1.165) is 23.8 Å². The molecule has 14 heteroatoms. The number of aliphatic hydroxyl groups excluding tert-OH is 2. The molecule has 5 N–H and O–H groups in total. The first-order valence-corrected chi connectivity index (χ1v) is 16.1. The predicted octanol–water partition coefficient (Wildman–Crippen LogP) is 2.14. The molecule has 3 amide bonds. The molecule has 0 saturated heterocycles. The Morgan fingerprint density at radius 3 is 2.22 bits per heavy atom. The van der Waals surface area contributed by atoms with E-state index in [1.165, 1.54) is 33.2 Å². The van der Waals surface area contributed by atoms with Gasteiger partial charge in [-0.2, -0.15) is 0 Å². The zero-order valence-corrected chi connectivity index (χ0v) is 30.5. The van der Waals surface area contributed by atoms with E-state index < -0.39 is 53.8 Å². The van der Waals surface area contributed by atoms with E-state index in [-0.39, 0.29) is 12.5 Å². The van der Waals surface area contributed by atoms with Crippen LogP contribution in [0.1, 0.15) is 39.3 Å². The number of aryl methyl sites for hydroxylation is 1. The Bertz CT molecular complexity index is 1520. The van der Waals surface area contributed by atoms with Gasteiger partial charge in [0.25, 0.3) is 5.91 Å². The fraction of sp³-hybridized carbons (Fsp3) is 0.432. The maximum atomic E-state index is 12.9. The Morgan fingerprint density at radius 1 is 1.02 bits per heavy atom. The minimum atomic E-state index is -2.71. The molecule has 4 unspecified atom stereocenters. The van der Waals surface area contributed by atoms with Gasteiger partial charge in [0.15, 0.2) is 11.9 Å². The molecule has 1 heterocycles. The number of aromatic nitrogens is 1. The molecule has 4 atom stereocenters. The molecule has 0 spiro atoms. The highest BCUT2D eigenvalue weighted by molar-refractivity contribution is 5.96. The third kappa shape index (κ3) is 14.5. The molecule has 0 bridgehead atoms. The Hall–Kier alpha value is -4.89. The number of nitrogens with zero attached hydrogens (tertiary/aromatic N) is 2. The lowest BCUT2D eigenvalue weighted by Gasteiger charge is -2.35. The monoisotopic (exact) mass is 712 g/mol. The quantitative estimate of drug-likeness (QED) is 0.0574. The molecule has 51 heavy (non-hydrogen) atoms. The van der Waals surface area contributed by atoms with Gasteiger partial charge >= 0.3 is 5.97 Å². The van der Waals surface area contributed by atoms with Gasteiger partial charge in [-0.3, -0.25) is 14.4 Å². The summed E-state index contributed by atoms with van der Waals surface area (Å²) in [5.41, 5.74) is -3.16. The van der Waals surface area contributed by atoms with Crippen molar-refractivity contribution in [3.05, 3.63) is 102 Å². The van der Waals surface area contributed by atoms with Crippen molar-refractivity contribution in [1.29, 1.82) is 0 Å². The minimum absolute atomic E-state index is 0.230. The second kappa shape index (κ2) is 22.0. The number of amides is 3. The van der Waals surface area contributed by atoms with Crippen molar-refractivity contribution in [2.75, 3.05) is 34.4 Å². The van der Waals surface area contributed by atoms with Crippen molar-refractivity contribution < 1.29 is 48.4 Å². The molecule has 14 nitrogen and oxygen atoms in total. The fourth-order valence-corrected chi connectivity index (χ4v) is 4.48. The van der Waals surface area contributed by atoms with Crippen LogP contribution in [0.5, 0.6) is 0 Å². The molecule has 0 radical (unpaired) electrons. The van der Waals surface area contributed by atoms with Gasteiger partial charge in [0, 0.05) is 40.1 Å². The summed E-state index contributed by atoms with van der Waals surface area (Å²) < 4.78 is 15.2. The first kappa shape index (κ1) is 44.1. The number of aliphatic hydroxyl groups is 3. The summed E-state index contributed by atoms with van der Waals surface area (Å²) in [7, 11) is 3.65. The van der Waals surface area contributed by atoms with Crippen molar-refractivity contribution in [2.24, 2.45) is 5.41 Å². The molecule has 0 aliphatic carbocycles. The maximum absolute atomic E-state index is 12.9. The van der Waals surface area contributed by atoms with E-state index in [2.05, 4.69) is 10.3 Å². The highest BCUT2D eigenvalue weighted by Crippen LogP contribution is 2.26. The lowest BCUT2D eigenvalue weighted by atomic mass is 9.81. The van der Waals surface area contributed by atoms with Gasteiger partial charge in [0.05, 0.1) is 30.9 Å². The molecular formula is C37H52N4O10.